The highest BCUT2D eigenvalue weighted by Crippen LogP contribution is 2.29. The highest BCUT2D eigenvalue weighted by molar-refractivity contribution is 5.80. The molecule has 6 heteroatoms. The van der Waals surface area contributed by atoms with Gasteiger partial charge >= 0.3 is 0 Å². The Morgan fingerprint density at radius 3 is 2.21 bits per heavy atom. The van der Waals surface area contributed by atoms with E-state index in [1.54, 1.807) is 6.92 Å². The second-order valence-electron chi connectivity index (χ2n) is 6.90. The molecule has 1 aromatic rings. The number of carbonyl (C=O) groups is 2. The van der Waals surface area contributed by atoms with Crippen molar-refractivity contribution in [1.82, 2.24) is 14.8 Å². The number of nitrogens with zero attached hydrogens (tertiary/aromatic N) is 3. The molecule has 0 unspecified atom stereocenters. The number of carbonyl (C=O) groups excluding carboxylic acids is 2. The Balaban J connectivity index is 1.50. The highest BCUT2D eigenvalue weighted by atomic mass is 16.2. The molecule has 130 valence electrons. The van der Waals surface area contributed by atoms with Gasteiger partial charge in [0, 0.05) is 45.2 Å². The summed E-state index contributed by atoms with van der Waals surface area (Å²) >= 11 is 0. The van der Waals surface area contributed by atoms with Crippen molar-refractivity contribution in [2.45, 2.75) is 38.5 Å². The van der Waals surface area contributed by atoms with Crippen molar-refractivity contribution in [2.75, 3.05) is 31.9 Å². The third-order valence-corrected chi connectivity index (χ3v) is 5.38. The van der Waals surface area contributed by atoms with Crippen LogP contribution in [0, 0.1) is 5.92 Å². The zero-order valence-corrected chi connectivity index (χ0v) is 14.3. The first-order chi connectivity index (χ1) is 11.5. The molecule has 0 aromatic carbocycles. The number of hydrogen-bond acceptors (Lipinski definition) is 4. The van der Waals surface area contributed by atoms with E-state index < -0.39 is 0 Å². The summed E-state index contributed by atoms with van der Waals surface area (Å²) in [5.74, 6) is 1.46. The first-order valence-corrected chi connectivity index (χ1v) is 8.80. The first kappa shape index (κ1) is 16.7. The lowest BCUT2D eigenvalue weighted by Gasteiger charge is -2.37. The molecule has 2 fully saturated rings. The lowest BCUT2D eigenvalue weighted by molar-refractivity contribution is -0.140. The van der Waals surface area contributed by atoms with Crippen LogP contribution in [-0.4, -0.2) is 52.8 Å². The van der Waals surface area contributed by atoms with Gasteiger partial charge in [0.25, 0.3) is 0 Å². The lowest BCUT2D eigenvalue weighted by Crippen LogP contribution is -2.46. The SMILES string of the molecule is CC(=O)N1CCC(C(=O)N2CCC(c3ccc(N)nc3)CC2)CC1. The number of nitrogen functional groups attached to an aromatic ring is 1. The van der Waals surface area contributed by atoms with Crippen LogP contribution in [0.25, 0.3) is 0 Å². The van der Waals surface area contributed by atoms with Gasteiger partial charge in [0.05, 0.1) is 0 Å². The van der Waals surface area contributed by atoms with Crippen LogP contribution in [0.4, 0.5) is 5.82 Å². The van der Waals surface area contributed by atoms with E-state index in [9.17, 15) is 9.59 Å². The lowest BCUT2D eigenvalue weighted by atomic mass is 9.88. The van der Waals surface area contributed by atoms with Crippen LogP contribution >= 0.6 is 0 Å². The number of anilines is 1. The molecule has 0 radical (unpaired) electrons. The molecule has 0 bridgehead atoms. The van der Waals surface area contributed by atoms with Crippen LogP contribution in [0.1, 0.15) is 44.1 Å². The van der Waals surface area contributed by atoms with Crippen molar-refractivity contribution in [1.29, 1.82) is 0 Å². The Hall–Kier alpha value is -2.11. The molecular weight excluding hydrogens is 304 g/mol. The van der Waals surface area contributed by atoms with Gasteiger partial charge in [0.1, 0.15) is 5.82 Å². The Kier molecular flexibility index (Phi) is 5.02. The maximum atomic E-state index is 12.7. The standard InChI is InChI=1S/C18H26N4O2/c1-13(23)21-8-6-15(7-9-21)18(24)22-10-4-14(5-11-22)16-2-3-17(19)20-12-16/h2-3,12,14-15H,4-11H2,1H3,(H2,19,20). The highest BCUT2D eigenvalue weighted by Gasteiger charge is 2.31. The van der Waals surface area contributed by atoms with E-state index in [2.05, 4.69) is 4.98 Å². The van der Waals surface area contributed by atoms with Gasteiger partial charge in [0.15, 0.2) is 0 Å². The van der Waals surface area contributed by atoms with Crippen LogP contribution in [0.5, 0.6) is 0 Å². The van der Waals surface area contributed by atoms with Gasteiger partial charge in [-0.1, -0.05) is 6.07 Å². The van der Waals surface area contributed by atoms with Gasteiger partial charge in [-0.2, -0.15) is 0 Å². The average molecular weight is 330 g/mol. The summed E-state index contributed by atoms with van der Waals surface area (Å²) < 4.78 is 0. The number of hydrogen-bond donors (Lipinski definition) is 1. The summed E-state index contributed by atoms with van der Waals surface area (Å²) in [4.78, 5) is 32.1. The fourth-order valence-electron chi connectivity index (χ4n) is 3.79. The van der Waals surface area contributed by atoms with Crippen molar-refractivity contribution in [3.05, 3.63) is 23.9 Å². The molecule has 2 saturated heterocycles. The van der Waals surface area contributed by atoms with Gasteiger partial charge in [0.2, 0.25) is 11.8 Å². The van der Waals surface area contributed by atoms with Crippen molar-refractivity contribution in [2.24, 2.45) is 5.92 Å². The maximum Gasteiger partial charge on any atom is 0.225 e. The van der Waals surface area contributed by atoms with Crippen LogP contribution in [0.2, 0.25) is 0 Å². The van der Waals surface area contributed by atoms with Crippen molar-refractivity contribution >= 4 is 17.6 Å². The van der Waals surface area contributed by atoms with Crippen molar-refractivity contribution in [3.8, 4) is 0 Å². The number of pyridine rings is 1. The number of piperidine rings is 2. The van der Waals surface area contributed by atoms with E-state index in [1.807, 2.05) is 28.1 Å². The fourth-order valence-corrected chi connectivity index (χ4v) is 3.79. The Bertz CT molecular complexity index is 586. The Morgan fingerprint density at radius 1 is 1.04 bits per heavy atom. The van der Waals surface area contributed by atoms with Crippen LogP contribution in [-0.2, 0) is 9.59 Å². The van der Waals surface area contributed by atoms with E-state index in [1.165, 1.54) is 5.56 Å². The quantitative estimate of drug-likeness (QED) is 0.894. The van der Waals surface area contributed by atoms with E-state index in [-0.39, 0.29) is 17.7 Å². The molecule has 2 N–H and O–H groups in total. The summed E-state index contributed by atoms with van der Waals surface area (Å²) in [5, 5.41) is 0. The smallest absolute Gasteiger partial charge is 0.225 e. The summed E-state index contributed by atoms with van der Waals surface area (Å²) in [6.45, 7) is 4.62. The van der Waals surface area contributed by atoms with E-state index in [0.717, 1.165) is 38.8 Å². The van der Waals surface area contributed by atoms with Gasteiger partial charge in [-0.05, 0) is 43.2 Å². The average Bonchev–Trinajstić information content (AvgIpc) is 2.62. The summed E-state index contributed by atoms with van der Waals surface area (Å²) in [7, 11) is 0. The number of nitrogens with two attached hydrogens (primary N) is 1. The zero-order valence-electron chi connectivity index (χ0n) is 14.3. The molecular formula is C18H26N4O2. The normalized spacial score (nSPS) is 20.2. The Morgan fingerprint density at radius 2 is 1.67 bits per heavy atom. The molecule has 24 heavy (non-hydrogen) atoms. The summed E-state index contributed by atoms with van der Waals surface area (Å²) in [5.41, 5.74) is 6.85. The maximum absolute atomic E-state index is 12.7. The third kappa shape index (κ3) is 3.68. The zero-order chi connectivity index (χ0) is 17.1. The molecule has 2 amide bonds. The van der Waals surface area contributed by atoms with Crippen LogP contribution in [0.15, 0.2) is 18.3 Å². The third-order valence-electron chi connectivity index (χ3n) is 5.38. The number of likely N-dealkylation sites (tertiary alicyclic amines) is 2. The second-order valence-corrected chi connectivity index (χ2v) is 6.90. The fraction of sp³-hybridized carbons (Fsp3) is 0.611. The van der Waals surface area contributed by atoms with Crippen molar-refractivity contribution < 1.29 is 9.59 Å². The molecule has 0 atom stereocenters. The van der Waals surface area contributed by atoms with Crippen LogP contribution < -0.4 is 5.73 Å². The molecule has 3 heterocycles. The summed E-state index contributed by atoms with van der Waals surface area (Å²) in [6.07, 6.45) is 5.39. The predicted octanol–water partition coefficient (Wildman–Crippen LogP) is 1.63. The number of amides is 2. The molecule has 1 aromatic heterocycles. The molecule has 2 aliphatic heterocycles. The molecule has 3 rings (SSSR count). The summed E-state index contributed by atoms with van der Waals surface area (Å²) in [6, 6.07) is 3.89. The minimum atomic E-state index is 0.0790. The first-order valence-electron chi connectivity index (χ1n) is 8.80. The van der Waals surface area contributed by atoms with Gasteiger partial charge in [-0.15, -0.1) is 0 Å². The van der Waals surface area contributed by atoms with E-state index >= 15 is 0 Å². The number of aromatic nitrogens is 1. The Labute approximate surface area is 143 Å². The predicted molar refractivity (Wildman–Crippen MR) is 92.2 cm³/mol. The molecule has 6 nitrogen and oxygen atoms in total. The minimum Gasteiger partial charge on any atom is -0.384 e. The van der Waals surface area contributed by atoms with Gasteiger partial charge in [-0.25, -0.2) is 4.98 Å². The molecule has 0 spiro atoms. The largest absolute Gasteiger partial charge is 0.384 e. The van der Waals surface area contributed by atoms with Gasteiger partial charge < -0.3 is 15.5 Å². The number of rotatable bonds is 2. The monoisotopic (exact) mass is 330 g/mol. The second kappa shape index (κ2) is 7.20. The van der Waals surface area contributed by atoms with E-state index in [0.29, 0.717) is 24.8 Å². The van der Waals surface area contributed by atoms with Crippen molar-refractivity contribution in [3.63, 3.8) is 0 Å². The van der Waals surface area contributed by atoms with Crippen LogP contribution in [0.3, 0.4) is 0 Å². The van der Waals surface area contributed by atoms with Gasteiger partial charge in [-0.3, -0.25) is 9.59 Å². The van der Waals surface area contributed by atoms with E-state index in [4.69, 9.17) is 5.73 Å². The minimum absolute atomic E-state index is 0.0790. The molecule has 0 saturated carbocycles. The molecule has 2 aliphatic rings. The topological polar surface area (TPSA) is 79.5 Å². The molecule has 0 aliphatic carbocycles.